The number of amides is 2. The average molecular weight is 238 g/mol. The van der Waals surface area contributed by atoms with Gasteiger partial charge in [-0.2, -0.15) is 4.99 Å². The Morgan fingerprint density at radius 2 is 2.25 bits per heavy atom. The fourth-order valence-electron chi connectivity index (χ4n) is 1.74. The van der Waals surface area contributed by atoms with Crippen LogP contribution in [-0.4, -0.2) is 27.8 Å². The normalized spacial score (nSPS) is 20.8. The number of hydrogen-bond donors (Lipinski definition) is 1. The number of aryl methyl sites for hydroxylation is 1. The van der Waals surface area contributed by atoms with E-state index in [1.165, 1.54) is 11.3 Å². The first-order valence-electron chi connectivity index (χ1n) is 5.09. The van der Waals surface area contributed by atoms with Gasteiger partial charge in [-0.05, 0) is 20.8 Å². The van der Waals surface area contributed by atoms with E-state index in [1.807, 2.05) is 26.2 Å². The van der Waals surface area contributed by atoms with E-state index in [1.54, 1.807) is 4.90 Å². The number of carbonyl (C=O) groups is 1. The van der Waals surface area contributed by atoms with Crippen molar-refractivity contribution in [2.45, 2.75) is 32.9 Å². The molecule has 1 aromatic rings. The van der Waals surface area contributed by atoms with Crippen molar-refractivity contribution in [3.63, 3.8) is 0 Å². The van der Waals surface area contributed by atoms with E-state index < -0.39 is 0 Å². The Hall–Kier alpha value is -1.43. The number of nitrogens with zero attached hydrogens (tertiary/aromatic N) is 3. The highest BCUT2D eigenvalue weighted by Crippen LogP contribution is 2.30. The van der Waals surface area contributed by atoms with Gasteiger partial charge in [-0.3, -0.25) is 0 Å². The van der Waals surface area contributed by atoms with Gasteiger partial charge in [0, 0.05) is 17.1 Å². The molecule has 86 valence electrons. The number of aliphatic imine (C=N–C) groups is 1. The van der Waals surface area contributed by atoms with E-state index >= 15 is 0 Å². The van der Waals surface area contributed by atoms with E-state index in [0.717, 1.165) is 10.7 Å². The van der Waals surface area contributed by atoms with Crippen LogP contribution in [0.15, 0.2) is 10.4 Å². The van der Waals surface area contributed by atoms with Crippen molar-refractivity contribution in [1.82, 2.24) is 9.88 Å². The predicted octanol–water partition coefficient (Wildman–Crippen LogP) is 1.69. The fraction of sp³-hybridized carbons (Fsp3) is 0.500. The van der Waals surface area contributed by atoms with Crippen molar-refractivity contribution in [3.8, 4) is 0 Å². The lowest BCUT2D eigenvalue weighted by Crippen LogP contribution is -2.38. The summed E-state index contributed by atoms with van der Waals surface area (Å²) in [6.45, 7) is 5.81. The van der Waals surface area contributed by atoms with Crippen LogP contribution in [0.4, 0.5) is 4.79 Å². The maximum atomic E-state index is 11.7. The average Bonchev–Trinajstić information content (AvgIpc) is 2.69. The second kappa shape index (κ2) is 3.86. The number of urea groups is 1. The molecule has 1 aromatic heterocycles. The van der Waals surface area contributed by atoms with Crippen molar-refractivity contribution < 1.29 is 4.79 Å². The third kappa shape index (κ3) is 1.69. The zero-order chi connectivity index (χ0) is 11.9. The summed E-state index contributed by atoms with van der Waals surface area (Å²) in [7, 11) is 0. The Kier molecular flexibility index (Phi) is 2.67. The Morgan fingerprint density at radius 1 is 1.56 bits per heavy atom. The third-order valence-electron chi connectivity index (χ3n) is 2.43. The van der Waals surface area contributed by atoms with Crippen LogP contribution in [0.1, 0.15) is 30.6 Å². The predicted molar refractivity (Wildman–Crippen MR) is 63.6 cm³/mol. The van der Waals surface area contributed by atoms with Crippen molar-refractivity contribution in [1.29, 1.82) is 0 Å². The summed E-state index contributed by atoms with van der Waals surface area (Å²) in [5.74, 6) is 0.341. The van der Waals surface area contributed by atoms with Crippen LogP contribution in [0, 0.1) is 6.92 Å². The maximum Gasteiger partial charge on any atom is 0.346 e. The molecule has 2 heterocycles. The quantitative estimate of drug-likeness (QED) is 0.852. The Balaban J connectivity index is 2.38. The Labute approximate surface area is 98.0 Å². The topological polar surface area (TPSA) is 71.6 Å². The summed E-state index contributed by atoms with van der Waals surface area (Å²) in [5, 5.41) is 2.78. The molecule has 1 unspecified atom stereocenters. The SMILES string of the molecule is Cc1csc(C2C(N)=NC(=O)N2C(C)C)n1. The van der Waals surface area contributed by atoms with Crippen molar-refractivity contribution in [2.24, 2.45) is 10.7 Å². The van der Waals surface area contributed by atoms with Gasteiger partial charge in [-0.25, -0.2) is 9.78 Å². The number of nitrogens with two attached hydrogens (primary N) is 1. The molecular weight excluding hydrogens is 224 g/mol. The molecule has 1 aliphatic rings. The monoisotopic (exact) mass is 238 g/mol. The fourth-order valence-corrected chi connectivity index (χ4v) is 2.65. The van der Waals surface area contributed by atoms with Gasteiger partial charge < -0.3 is 10.6 Å². The molecule has 0 fully saturated rings. The van der Waals surface area contributed by atoms with Crippen LogP contribution in [0.2, 0.25) is 0 Å². The van der Waals surface area contributed by atoms with E-state index in [0.29, 0.717) is 5.84 Å². The van der Waals surface area contributed by atoms with Gasteiger partial charge in [-0.1, -0.05) is 0 Å². The van der Waals surface area contributed by atoms with Gasteiger partial charge in [0.25, 0.3) is 0 Å². The highest BCUT2D eigenvalue weighted by atomic mass is 32.1. The van der Waals surface area contributed by atoms with Gasteiger partial charge in [0.15, 0.2) is 0 Å². The zero-order valence-electron chi connectivity index (χ0n) is 9.47. The van der Waals surface area contributed by atoms with Gasteiger partial charge in [0.1, 0.15) is 16.9 Å². The molecule has 1 aliphatic heterocycles. The van der Waals surface area contributed by atoms with Gasteiger partial charge >= 0.3 is 6.03 Å². The minimum atomic E-state index is -0.286. The lowest BCUT2D eigenvalue weighted by molar-refractivity contribution is 0.190. The Bertz CT molecular complexity index is 451. The second-order valence-corrected chi connectivity index (χ2v) is 4.94. The number of aromatic nitrogens is 1. The summed E-state index contributed by atoms with van der Waals surface area (Å²) < 4.78 is 0. The van der Waals surface area contributed by atoms with Gasteiger partial charge in [0.05, 0.1) is 0 Å². The van der Waals surface area contributed by atoms with Crippen LogP contribution in [0.5, 0.6) is 0 Å². The van der Waals surface area contributed by atoms with Crippen LogP contribution in [0.3, 0.4) is 0 Å². The number of rotatable bonds is 2. The van der Waals surface area contributed by atoms with E-state index in [-0.39, 0.29) is 18.1 Å². The first-order chi connectivity index (χ1) is 7.50. The highest BCUT2D eigenvalue weighted by Gasteiger charge is 2.37. The number of thiazole rings is 1. The molecular formula is C10H14N4OS. The molecule has 0 saturated carbocycles. The van der Waals surface area contributed by atoms with Crippen LogP contribution < -0.4 is 5.73 Å². The zero-order valence-corrected chi connectivity index (χ0v) is 10.3. The second-order valence-electron chi connectivity index (χ2n) is 4.05. The molecule has 2 N–H and O–H groups in total. The molecule has 1 atom stereocenters. The first-order valence-corrected chi connectivity index (χ1v) is 5.97. The molecule has 5 nitrogen and oxygen atoms in total. The van der Waals surface area contributed by atoms with E-state index in [4.69, 9.17) is 5.73 Å². The van der Waals surface area contributed by atoms with Gasteiger partial charge in [-0.15, -0.1) is 11.3 Å². The van der Waals surface area contributed by atoms with Crippen molar-refractivity contribution in [2.75, 3.05) is 0 Å². The molecule has 16 heavy (non-hydrogen) atoms. The highest BCUT2D eigenvalue weighted by molar-refractivity contribution is 7.09. The van der Waals surface area contributed by atoms with E-state index in [2.05, 4.69) is 9.98 Å². The molecule has 0 saturated heterocycles. The minimum Gasteiger partial charge on any atom is -0.385 e. The molecule has 0 spiro atoms. The molecule has 0 aromatic carbocycles. The molecule has 0 bridgehead atoms. The number of carbonyl (C=O) groups excluding carboxylic acids is 1. The largest absolute Gasteiger partial charge is 0.385 e. The van der Waals surface area contributed by atoms with Crippen LogP contribution >= 0.6 is 11.3 Å². The Morgan fingerprint density at radius 3 is 2.75 bits per heavy atom. The summed E-state index contributed by atoms with van der Waals surface area (Å²) >= 11 is 1.51. The summed E-state index contributed by atoms with van der Waals surface area (Å²) in [5.41, 5.74) is 6.73. The smallest absolute Gasteiger partial charge is 0.346 e. The van der Waals surface area contributed by atoms with Crippen LogP contribution in [-0.2, 0) is 0 Å². The van der Waals surface area contributed by atoms with Crippen molar-refractivity contribution in [3.05, 3.63) is 16.1 Å². The molecule has 2 amide bonds. The molecule has 2 rings (SSSR count). The van der Waals surface area contributed by atoms with Crippen molar-refractivity contribution >= 4 is 23.2 Å². The third-order valence-corrected chi connectivity index (χ3v) is 3.45. The molecule has 0 radical (unpaired) electrons. The van der Waals surface area contributed by atoms with Gasteiger partial charge in [0.2, 0.25) is 0 Å². The summed E-state index contributed by atoms with van der Waals surface area (Å²) in [6.07, 6.45) is 0. The molecule has 6 heteroatoms. The first kappa shape index (κ1) is 11.1. The summed E-state index contributed by atoms with van der Waals surface area (Å²) in [4.78, 5) is 21.5. The lowest BCUT2D eigenvalue weighted by atomic mass is 10.2. The standard InChI is InChI=1S/C10H14N4OS/c1-5(2)14-7(8(11)13-10(14)15)9-12-6(3)4-16-9/h4-5,7H,1-3H3,(H2,11,13,15). The van der Waals surface area contributed by atoms with Crippen LogP contribution in [0.25, 0.3) is 0 Å². The number of amidine groups is 1. The lowest BCUT2D eigenvalue weighted by Gasteiger charge is -2.26. The summed E-state index contributed by atoms with van der Waals surface area (Å²) in [6, 6.07) is -0.497. The minimum absolute atomic E-state index is 0.0616. The number of hydrogen-bond acceptors (Lipinski definition) is 4. The molecule has 0 aliphatic carbocycles. The van der Waals surface area contributed by atoms with E-state index in [9.17, 15) is 4.79 Å². The maximum absolute atomic E-state index is 11.7.